The van der Waals surface area contributed by atoms with Gasteiger partial charge < -0.3 is 99.2 Å². The van der Waals surface area contributed by atoms with Crippen molar-refractivity contribution in [3.8, 4) is 5.75 Å². The zero-order valence-electron chi connectivity index (χ0n) is 38.0. The standard InChI is InChI=1S/C42H58N12O15/c1-17(19-5-3-2-4-6-19)27-37(66)48-21(11-18-7-9-20(57)10-8-18)36(65)52-28(30(59)22-12-46-41(43)50-22)39(68)53-29(38(67)49-23(15-55)35(64)45-14-26(58)51-27)31(60)24-13-47-42(44)54(24)40-34(63)33(62)32(61)25(16-56)69-40/h2-10,17,21-25,27-34,40,55-57,59-63H,11-16H2,1H3,(H2,44,47)(H,45,64)(H,48,66)(H,49,67)(H,51,58)(H,52,65)(H,53,68)(H3,43,46,50)/t17?,21-,22?,23-,24?,25+,27-,28-,29+,30?,31?,32+,33-,34-,40-/m0/s1/i/hD. The van der Waals surface area contributed by atoms with Crippen LogP contribution in [0.4, 0.5) is 0 Å². The van der Waals surface area contributed by atoms with Crippen LogP contribution in [0.3, 0.4) is 0 Å². The van der Waals surface area contributed by atoms with Crippen molar-refractivity contribution in [1.29, 1.82) is 0 Å². The van der Waals surface area contributed by atoms with Gasteiger partial charge in [0.2, 0.25) is 35.4 Å². The normalized spacial score (nSPS) is 32.6. The molecule has 2 saturated heterocycles. The van der Waals surface area contributed by atoms with Gasteiger partial charge in [0.05, 0.1) is 44.9 Å². The number of nitrogens with zero attached hydrogens (tertiary/aromatic N) is 3. The summed E-state index contributed by atoms with van der Waals surface area (Å²) in [4.78, 5) is 94.5. The topological polar surface area (TPSA) is 438 Å². The Kier molecular flexibility index (Phi) is 16.4. The van der Waals surface area contributed by atoms with Gasteiger partial charge in [-0.25, -0.2) is 0 Å². The molecule has 2 aromatic rings. The largest absolute Gasteiger partial charge is 0.508 e. The highest BCUT2D eigenvalue weighted by molar-refractivity contribution is 5.98. The molecule has 27 heteroatoms. The van der Waals surface area contributed by atoms with Gasteiger partial charge in [-0.2, -0.15) is 0 Å². The average Bonchev–Trinajstić information content (AvgIpc) is 3.97. The van der Waals surface area contributed by atoms with Crippen molar-refractivity contribution in [2.24, 2.45) is 21.5 Å². The van der Waals surface area contributed by atoms with Crippen LogP contribution >= 0.6 is 0 Å². The molecule has 376 valence electrons. The molecule has 27 nitrogen and oxygen atoms in total. The minimum absolute atomic E-state index is 0.145. The minimum atomic E-state index is -2.28. The number of aliphatic imine (C=N–C) groups is 2. The predicted molar refractivity (Wildman–Crippen MR) is 238 cm³/mol. The molecule has 0 aliphatic carbocycles. The van der Waals surface area contributed by atoms with Crippen LogP contribution in [-0.2, 0) is 39.9 Å². The molecular weight excluding hydrogens is 913 g/mol. The van der Waals surface area contributed by atoms with E-state index in [1.54, 1.807) is 30.3 Å². The molecule has 0 bridgehead atoms. The molecule has 6 rings (SSSR count). The number of carbonyl (C=O) groups is 6. The lowest BCUT2D eigenvalue weighted by molar-refractivity contribution is -0.260. The van der Waals surface area contributed by atoms with E-state index in [0.717, 1.165) is 4.90 Å². The number of benzene rings is 2. The molecule has 4 heterocycles. The number of aliphatic hydroxyl groups is 7. The van der Waals surface area contributed by atoms with Crippen molar-refractivity contribution in [3.05, 3.63) is 65.7 Å². The number of nitrogens with two attached hydrogens (primary N) is 2. The molecule has 6 amide bonds. The number of phenolic OH excluding ortho intramolecular Hbond substituents is 1. The Hall–Kier alpha value is -6.72. The maximum absolute atomic E-state index is 14.7. The Bertz CT molecular complexity index is 2280. The van der Waals surface area contributed by atoms with Crippen LogP contribution in [0.2, 0.25) is 1.41 Å². The summed E-state index contributed by atoms with van der Waals surface area (Å²) in [6, 6.07) is 1.15. The molecule has 5 unspecified atom stereocenters. The Balaban J connectivity index is 1.42. The van der Waals surface area contributed by atoms with Gasteiger partial charge in [0.25, 0.3) is 0 Å². The number of nitrogens with one attached hydrogen (secondary N) is 7. The number of phenols is 1. The summed E-state index contributed by atoms with van der Waals surface area (Å²) in [5.74, 6) is -9.10. The fourth-order valence-corrected chi connectivity index (χ4v) is 8.28. The zero-order chi connectivity index (χ0) is 51.1. The van der Waals surface area contributed by atoms with Crippen molar-refractivity contribution in [2.75, 3.05) is 32.8 Å². The van der Waals surface area contributed by atoms with Gasteiger partial charge in [0.1, 0.15) is 72.6 Å². The van der Waals surface area contributed by atoms with Crippen LogP contribution in [0.1, 0.15) is 24.0 Å². The Morgan fingerprint density at radius 1 is 0.739 bits per heavy atom. The van der Waals surface area contributed by atoms with Gasteiger partial charge in [-0.1, -0.05) is 49.4 Å². The summed E-state index contributed by atoms with van der Waals surface area (Å²) in [6.07, 6.45) is -13.6. The fraction of sp³-hybridized carbons (Fsp3) is 0.524. The van der Waals surface area contributed by atoms with Crippen molar-refractivity contribution in [3.63, 3.8) is 0 Å². The number of guanidine groups is 2. The second-order valence-corrected chi connectivity index (χ2v) is 16.9. The monoisotopic (exact) mass is 971 g/mol. The minimum Gasteiger partial charge on any atom is -0.508 e. The number of amides is 6. The van der Waals surface area contributed by atoms with E-state index in [1.807, 2.05) is 0 Å². The lowest BCUT2D eigenvalue weighted by Crippen LogP contribution is -2.70. The van der Waals surface area contributed by atoms with Crippen LogP contribution in [0.15, 0.2) is 64.6 Å². The van der Waals surface area contributed by atoms with Crippen molar-refractivity contribution in [2.45, 2.75) is 104 Å². The Morgan fingerprint density at radius 3 is 2.00 bits per heavy atom. The lowest BCUT2D eigenvalue weighted by Gasteiger charge is -2.46. The maximum atomic E-state index is 14.7. The fourth-order valence-electron chi connectivity index (χ4n) is 8.28. The van der Waals surface area contributed by atoms with Gasteiger partial charge in [-0.15, -0.1) is 0 Å². The van der Waals surface area contributed by atoms with Crippen LogP contribution in [0.25, 0.3) is 0 Å². The van der Waals surface area contributed by atoms with E-state index in [4.69, 9.17) is 17.6 Å². The van der Waals surface area contributed by atoms with Crippen molar-refractivity contribution in [1.82, 2.24) is 42.1 Å². The Morgan fingerprint density at radius 2 is 1.36 bits per heavy atom. The van der Waals surface area contributed by atoms with Gasteiger partial charge >= 0.3 is 0 Å². The second kappa shape index (κ2) is 22.6. The second-order valence-electron chi connectivity index (χ2n) is 16.9. The number of hydrogen-bond acceptors (Lipinski definition) is 21. The van der Waals surface area contributed by atoms with Gasteiger partial charge in [-0.05, 0) is 23.3 Å². The van der Waals surface area contributed by atoms with Crippen LogP contribution < -0.4 is 48.7 Å². The SMILES string of the molecule is [2H]N1C(=O)CNC(=O)[C@H](CO)NC(=O)[C@@H](C(O)C2CN=C(N)N2[C@H]2O[C@H](CO)[C@@H](O)[C@H](O)[C@@H]2O)NC(=O)[C@H](C(O)C2CN=C(N)N2)NC(=O)[C@H](Cc2ccc(O)cc2)NC(=O)[C@@H]1C(C)c1ccccc1. The highest BCUT2D eigenvalue weighted by Gasteiger charge is 2.52. The van der Waals surface area contributed by atoms with E-state index in [-0.39, 0.29) is 30.0 Å². The Labute approximate surface area is 394 Å². The van der Waals surface area contributed by atoms with E-state index in [9.17, 15) is 69.6 Å². The first-order chi connectivity index (χ1) is 33.2. The summed E-state index contributed by atoms with van der Waals surface area (Å²) in [6.45, 7) is -2.23. The van der Waals surface area contributed by atoms with Crippen LogP contribution in [0.5, 0.6) is 5.75 Å². The van der Waals surface area contributed by atoms with Crippen molar-refractivity contribution >= 4 is 47.4 Å². The average molecular weight is 972 g/mol. The third kappa shape index (κ3) is 11.9. The molecule has 19 N–H and O–H groups in total. The number of hydrogen-bond donors (Lipinski definition) is 17. The zero-order valence-corrected chi connectivity index (χ0v) is 37.0. The smallest absolute Gasteiger partial charge is 0.246 e. The van der Waals surface area contributed by atoms with E-state index >= 15 is 0 Å². The molecule has 69 heavy (non-hydrogen) atoms. The lowest BCUT2D eigenvalue weighted by atomic mass is 9.92. The first-order valence-electron chi connectivity index (χ1n) is 22.3. The van der Waals surface area contributed by atoms with E-state index in [1.165, 1.54) is 31.2 Å². The number of carbonyl (C=O) groups excluding carboxylic acids is 6. The molecule has 15 atom stereocenters. The highest BCUT2D eigenvalue weighted by atomic mass is 16.6. The van der Waals surface area contributed by atoms with E-state index in [0.29, 0.717) is 11.1 Å². The molecule has 0 aromatic heterocycles. The molecule has 0 saturated carbocycles. The first kappa shape index (κ1) is 50.2. The maximum Gasteiger partial charge on any atom is 0.246 e. The van der Waals surface area contributed by atoms with Gasteiger partial charge in [0.15, 0.2) is 19.6 Å². The van der Waals surface area contributed by atoms with Gasteiger partial charge in [0, 0.05) is 12.3 Å². The molecule has 0 radical (unpaired) electrons. The molecule has 0 spiro atoms. The van der Waals surface area contributed by atoms with Crippen molar-refractivity contribution < 1.29 is 75.8 Å². The van der Waals surface area contributed by atoms with E-state index < -0.39 is 159 Å². The summed E-state index contributed by atoms with van der Waals surface area (Å²) in [7, 11) is 0. The first-order valence-corrected chi connectivity index (χ1v) is 21.8. The quantitative estimate of drug-likeness (QED) is 0.0994. The summed E-state index contributed by atoms with van der Waals surface area (Å²) in [5, 5.41) is 101. The number of ether oxygens (including phenoxy) is 1. The molecular formula is C42H58N12O15. The number of rotatable bonds is 11. The summed E-state index contributed by atoms with van der Waals surface area (Å²) >= 11 is 0. The van der Waals surface area contributed by atoms with Crippen LogP contribution in [-0.4, -0.2) is 211 Å². The molecule has 4 aliphatic heterocycles. The number of aliphatic hydroxyl groups excluding tert-OH is 7. The molecule has 2 fully saturated rings. The molecule has 4 aliphatic rings. The number of aromatic hydroxyl groups is 1. The third-order valence-corrected chi connectivity index (χ3v) is 12.2. The van der Waals surface area contributed by atoms with E-state index in [2.05, 4.69) is 41.9 Å². The van der Waals surface area contributed by atoms with Crippen LogP contribution in [0, 0.1) is 0 Å². The highest BCUT2D eigenvalue weighted by Crippen LogP contribution is 2.29. The summed E-state index contributed by atoms with van der Waals surface area (Å²) in [5.41, 5.74) is 12.8. The molecule has 2 aromatic carbocycles. The predicted octanol–water partition coefficient (Wildman–Crippen LogP) is -8.91. The van der Waals surface area contributed by atoms with Gasteiger partial charge in [-0.3, -0.25) is 38.8 Å². The summed E-state index contributed by atoms with van der Waals surface area (Å²) < 4.78 is 14.6. The third-order valence-electron chi connectivity index (χ3n) is 12.2.